The number of sulfonamides is 1. The molecule has 168 valence electrons. The number of benzene rings is 2. The third-order valence-corrected chi connectivity index (χ3v) is 6.99. The number of pyridine rings is 1. The number of rotatable bonds is 6. The van der Waals surface area contributed by atoms with Gasteiger partial charge >= 0.3 is 0 Å². The number of aromatic nitrogens is 1. The molecule has 2 amide bonds. The van der Waals surface area contributed by atoms with Gasteiger partial charge < -0.3 is 5.32 Å². The standard InChI is InChI=1S/C21H13Cl3N4O4S/c22-15-9-6-13(11-16(15)23)28-20(29)18(24)19(21(28)30)26-12-4-7-14(8-5-12)33(31,32)27-17-3-1-2-10-25-17/h1-11,26H,(H,25,27). The van der Waals surface area contributed by atoms with Gasteiger partial charge in [-0.15, -0.1) is 0 Å². The van der Waals surface area contributed by atoms with Gasteiger partial charge in [0, 0.05) is 11.9 Å². The van der Waals surface area contributed by atoms with Crippen molar-refractivity contribution in [3.05, 3.63) is 87.6 Å². The van der Waals surface area contributed by atoms with Crippen LogP contribution in [-0.4, -0.2) is 25.2 Å². The summed E-state index contributed by atoms with van der Waals surface area (Å²) in [4.78, 5) is 30.2. The predicted molar refractivity (Wildman–Crippen MR) is 127 cm³/mol. The molecule has 0 fully saturated rings. The molecule has 0 spiro atoms. The Balaban J connectivity index is 1.53. The number of imide groups is 1. The molecule has 8 nitrogen and oxygen atoms in total. The second-order valence-electron chi connectivity index (χ2n) is 6.70. The molecule has 0 aliphatic carbocycles. The van der Waals surface area contributed by atoms with Crippen molar-refractivity contribution in [2.24, 2.45) is 0 Å². The molecule has 0 unspecified atom stereocenters. The zero-order valence-electron chi connectivity index (χ0n) is 16.4. The van der Waals surface area contributed by atoms with Gasteiger partial charge in [-0.05, 0) is 54.6 Å². The summed E-state index contributed by atoms with van der Waals surface area (Å²) in [5, 5.41) is 2.89. The first kappa shape index (κ1) is 23.1. The van der Waals surface area contributed by atoms with Gasteiger partial charge in [-0.2, -0.15) is 0 Å². The topological polar surface area (TPSA) is 108 Å². The molecule has 2 N–H and O–H groups in total. The Morgan fingerprint density at radius 2 is 1.58 bits per heavy atom. The van der Waals surface area contributed by atoms with Crippen LogP contribution in [0.5, 0.6) is 0 Å². The Morgan fingerprint density at radius 1 is 0.848 bits per heavy atom. The lowest BCUT2D eigenvalue weighted by atomic mass is 10.3. The van der Waals surface area contributed by atoms with Crippen LogP contribution in [0.4, 0.5) is 17.2 Å². The second kappa shape index (κ2) is 9.03. The number of anilines is 3. The molecule has 0 saturated carbocycles. The Bertz CT molecular complexity index is 1390. The summed E-state index contributed by atoms with van der Waals surface area (Å²) in [5.41, 5.74) is 0.392. The molecule has 0 radical (unpaired) electrons. The maximum absolute atomic E-state index is 12.9. The number of halogens is 3. The van der Waals surface area contributed by atoms with Crippen molar-refractivity contribution in [2.45, 2.75) is 4.90 Å². The zero-order valence-corrected chi connectivity index (χ0v) is 19.5. The minimum atomic E-state index is -3.87. The summed E-state index contributed by atoms with van der Waals surface area (Å²) in [6, 6.07) is 14.7. The predicted octanol–water partition coefficient (Wildman–Crippen LogP) is 4.62. The molecular weight excluding hydrogens is 511 g/mol. The average Bonchev–Trinajstić information content (AvgIpc) is 3.00. The highest BCUT2D eigenvalue weighted by Gasteiger charge is 2.39. The van der Waals surface area contributed by atoms with Crippen molar-refractivity contribution in [1.29, 1.82) is 0 Å². The Kier molecular flexibility index (Phi) is 6.31. The monoisotopic (exact) mass is 522 g/mol. The second-order valence-corrected chi connectivity index (χ2v) is 9.58. The normalized spacial score (nSPS) is 14.1. The van der Waals surface area contributed by atoms with Gasteiger partial charge in [0.25, 0.3) is 21.8 Å². The van der Waals surface area contributed by atoms with Gasteiger partial charge in [-0.3, -0.25) is 14.3 Å². The third-order valence-electron chi connectivity index (χ3n) is 4.53. The van der Waals surface area contributed by atoms with Crippen LogP contribution in [0.3, 0.4) is 0 Å². The Labute approximate surface area is 203 Å². The molecule has 33 heavy (non-hydrogen) atoms. The third kappa shape index (κ3) is 4.67. The van der Waals surface area contributed by atoms with Crippen LogP contribution in [0, 0.1) is 0 Å². The van der Waals surface area contributed by atoms with E-state index in [9.17, 15) is 18.0 Å². The van der Waals surface area contributed by atoms with Gasteiger partial charge in [0.15, 0.2) is 0 Å². The van der Waals surface area contributed by atoms with E-state index in [1.165, 1.54) is 54.7 Å². The van der Waals surface area contributed by atoms with Crippen molar-refractivity contribution >= 4 is 73.8 Å². The smallest absolute Gasteiger partial charge is 0.283 e. The van der Waals surface area contributed by atoms with Crippen molar-refractivity contribution in [3.8, 4) is 0 Å². The summed E-state index contributed by atoms with van der Waals surface area (Å²) in [6.07, 6.45) is 1.46. The largest absolute Gasteiger partial charge is 0.350 e. The molecule has 12 heteroatoms. The molecule has 2 heterocycles. The number of nitrogens with one attached hydrogen (secondary N) is 2. The first-order chi connectivity index (χ1) is 15.7. The fourth-order valence-electron chi connectivity index (χ4n) is 2.95. The molecular formula is C21H13Cl3N4O4S. The fraction of sp³-hybridized carbons (Fsp3) is 0. The Hall–Kier alpha value is -3.11. The van der Waals surface area contributed by atoms with E-state index in [0.717, 1.165) is 4.90 Å². The van der Waals surface area contributed by atoms with E-state index in [1.807, 2.05) is 0 Å². The van der Waals surface area contributed by atoms with E-state index in [4.69, 9.17) is 34.8 Å². The highest BCUT2D eigenvalue weighted by Crippen LogP contribution is 2.33. The number of nitrogens with zero attached hydrogens (tertiary/aromatic N) is 2. The van der Waals surface area contributed by atoms with Crippen LogP contribution >= 0.6 is 34.8 Å². The molecule has 1 aromatic heterocycles. The lowest BCUT2D eigenvalue weighted by Crippen LogP contribution is -2.32. The minimum absolute atomic E-state index is 0.0231. The highest BCUT2D eigenvalue weighted by molar-refractivity contribution is 7.92. The molecule has 3 aromatic rings. The van der Waals surface area contributed by atoms with Crippen molar-refractivity contribution in [3.63, 3.8) is 0 Å². The quantitative estimate of drug-likeness (QED) is 0.456. The molecule has 0 bridgehead atoms. The summed E-state index contributed by atoms with van der Waals surface area (Å²) in [6.45, 7) is 0. The molecule has 1 aliphatic rings. The van der Waals surface area contributed by atoms with Gasteiger partial charge in [-0.25, -0.2) is 18.3 Å². The molecule has 2 aromatic carbocycles. The molecule has 0 saturated heterocycles. The lowest BCUT2D eigenvalue weighted by Gasteiger charge is -2.16. The maximum Gasteiger partial charge on any atom is 0.283 e. The first-order valence-corrected chi connectivity index (χ1v) is 11.8. The summed E-state index contributed by atoms with van der Waals surface area (Å²) < 4.78 is 27.4. The van der Waals surface area contributed by atoms with E-state index in [-0.39, 0.29) is 37.2 Å². The number of carbonyl (C=O) groups excluding carboxylic acids is 2. The van der Waals surface area contributed by atoms with Crippen molar-refractivity contribution < 1.29 is 18.0 Å². The number of hydrogen-bond acceptors (Lipinski definition) is 6. The van der Waals surface area contributed by atoms with Gasteiger partial charge in [0.05, 0.1) is 20.6 Å². The van der Waals surface area contributed by atoms with Crippen molar-refractivity contribution in [2.75, 3.05) is 14.9 Å². The van der Waals surface area contributed by atoms with E-state index in [2.05, 4.69) is 15.0 Å². The van der Waals surface area contributed by atoms with Crippen LogP contribution < -0.4 is 14.9 Å². The van der Waals surface area contributed by atoms with Gasteiger partial charge in [-0.1, -0.05) is 40.9 Å². The lowest BCUT2D eigenvalue weighted by molar-refractivity contribution is -0.120. The molecule has 1 aliphatic heterocycles. The average molecular weight is 524 g/mol. The molecule has 4 rings (SSSR count). The number of amides is 2. The van der Waals surface area contributed by atoms with Crippen LogP contribution in [0.15, 0.2) is 82.5 Å². The van der Waals surface area contributed by atoms with Gasteiger partial charge in [0.2, 0.25) is 0 Å². The van der Waals surface area contributed by atoms with Crippen molar-refractivity contribution in [1.82, 2.24) is 4.98 Å². The summed E-state index contributed by atoms with van der Waals surface area (Å²) in [5.74, 6) is -1.26. The Morgan fingerprint density at radius 3 is 2.21 bits per heavy atom. The fourth-order valence-corrected chi connectivity index (χ4v) is 4.46. The first-order valence-electron chi connectivity index (χ1n) is 9.22. The number of hydrogen-bond donors (Lipinski definition) is 2. The van der Waals surface area contributed by atoms with E-state index >= 15 is 0 Å². The molecule has 0 atom stereocenters. The van der Waals surface area contributed by atoms with E-state index in [0.29, 0.717) is 5.69 Å². The zero-order chi connectivity index (χ0) is 23.8. The van der Waals surface area contributed by atoms with Crippen LogP contribution in [-0.2, 0) is 19.6 Å². The highest BCUT2D eigenvalue weighted by atomic mass is 35.5. The van der Waals surface area contributed by atoms with Crippen LogP contribution in [0.25, 0.3) is 0 Å². The summed E-state index contributed by atoms with van der Waals surface area (Å²) in [7, 11) is -3.87. The summed E-state index contributed by atoms with van der Waals surface area (Å²) >= 11 is 18.0. The minimum Gasteiger partial charge on any atom is -0.350 e. The maximum atomic E-state index is 12.9. The van der Waals surface area contributed by atoms with Crippen LogP contribution in [0.1, 0.15) is 0 Å². The van der Waals surface area contributed by atoms with E-state index in [1.54, 1.807) is 12.1 Å². The SMILES string of the molecule is O=C1C(Cl)=C(Nc2ccc(S(=O)(=O)Nc3ccccn3)cc2)C(=O)N1c1ccc(Cl)c(Cl)c1. The van der Waals surface area contributed by atoms with Gasteiger partial charge in [0.1, 0.15) is 16.5 Å². The van der Waals surface area contributed by atoms with Crippen LogP contribution in [0.2, 0.25) is 10.0 Å². The number of carbonyl (C=O) groups is 2. The van der Waals surface area contributed by atoms with E-state index < -0.39 is 21.8 Å².